The van der Waals surface area contributed by atoms with Crippen molar-refractivity contribution in [2.45, 2.75) is 6.54 Å². The van der Waals surface area contributed by atoms with Gasteiger partial charge in [-0.2, -0.15) is 0 Å². The van der Waals surface area contributed by atoms with Crippen LogP contribution in [0.2, 0.25) is 0 Å². The Morgan fingerprint density at radius 3 is 3.23 bits per heavy atom. The maximum absolute atomic E-state index is 10.8. The molecule has 4 nitrogen and oxygen atoms in total. The zero-order chi connectivity index (χ0) is 9.10. The Labute approximate surface area is 83.5 Å². The summed E-state index contributed by atoms with van der Waals surface area (Å²) in [6, 6.07) is 0. The van der Waals surface area contributed by atoms with Gasteiger partial charge in [0.15, 0.2) is 5.17 Å². The summed E-state index contributed by atoms with van der Waals surface area (Å²) in [5.74, 6) is 1.06. The van der Waals surface area contributed by atoms with E-state index < -0.39 is 0 Å². The number of hydrogen-bond donors (Lipinski definition) is 2. The van der Waals surface area contributed by atoms with E-state index in [0.29, 0.717) is 6.54 Å². The maximum atomic E-state index is 10.8. The number of aromatic amines is 1. The molecule has 2 rings (SSSR count). The lowest BCUT2D eigenvalue weighted by Crippen LogP contribution is -2.18. The van der Waals surface area contributed by atoms with Crippen LogP contribution in [-0.2, 0) is 6.54 Å². The van der Waals surface area contributed by atoms with Crippen LogP contribution in [0.4, 0.5) is 0 Å². The van der Waals surface area contributed by atoms with E-state index in [-0.39, 0.29) is 4.87 Å². The van der Waals surface area contributed by atoms with Gasteiger partial charge in [0.2, 0.25) is 0 Å². The van der Waals surface area contributed by atoms with Crippen LogP contribution in [0.15, 0.2) is 15.2 Å². The van der Waals surface area contributed by atoms with Gasteiger partial charge in [-0.1, -0.05) is 23.1 Å². The fourth-order valence-electron chi connectivity index (χ4n) is 1.01. The van der Waals surface area contributed by atoms with Crippen molar-refractivity contribution in [3.63, 3.8) is 0 Å². The van der Waals surface area contributed by atoms with Gasteiger partial charge in [-0.3, -0.25) is 9.79 Å². The average Bonchev–Trinajstić information content (AvgIpc) is 2.71. The van der Waals surface area contributed by atoms with Crippen molar-refractivity contribution in [2.75, 3.05) is 12.3 Å². The molecule has 0 saturated carbocycles. The molecule has 0 saturated heterocycles. The van der Waals surface area contributed by atoms with E-state index in [1.807, 2.05) is 5.38 Å². The number of nitrogens with zero attached hydrogens (tertiary/aromatic N) is 1. The first kappa shape index (κ1) is 8.83. The minimum Gasteiger partial charge on any atom is -0.359 e. The van der Waals surface area contributed by atoms with Crippen molar-refractivity contribution in [1.82, 2.24) is 10.3 Å². The first-order valence-electron chi connectivity index (χ1n) is 3.92. The molecule has 13 heavy (non-hydrogen) atoms. The van der Waals surface area contributed by atoms with Crippen LogP contribution < -0.4 is 10.2 Å². The first-order chi connectivity index (χ1) is 6.34. The number of nitrogens with one attached hydrogen (secondary N) is 2. The van der Waals surface area contributed by atoms with Crippen molar-refractivity contribution in [3.05, 3.63) is 20.7 Å². The van der Waals surface area contributed by atoms with Crippen LogP contribution in [0.5, 0.6) is 0 Å². The Balaban J connectivity index is 1.89. The average molecular weight is 215 g/mol. The largest absolute Gasteiger partial charge is 0.359 e. The summed E-state index contributed by atoms with van der Waals surface area (Å²) < 4.78 is 0. The molecule has 70 valence electrons. The number of hydrogen-bond acceptors (Lipinski definition) is 5. The van der Waals surface area contributed by atoms with Gasteiger partial charge in [0.25, 0.3) is 0 Å². The number of amidine groups is 1. The van der Waals surface area contributed by atoms with Crippen LogP contribution in [-0.4, -0.2) is 22.4 Å². The van der Waals surface area contributed by atoms with Crippen molar-refractivity contribution in [2.24, 2.45) is 4.99 Å². The molecule has 2 heterocycles. The second-order valence-electron chi connectivity index (χ2n) is 2.56. The van der Waals surface area contributed by atoms with Gasteiger partial charge in [-0.05, 0) is 0 Å². The summed E-state index contributed by atoms with van der Waals surface area (Å²) in [7, 11) is 0. The first-order valence-corrected chi connectivity index (χ1v) is 5.79. The van der Waals surface area contributed by atoms with Gasteiger partial charge in [-0.25, -0.2) is 0 Å². The van der Waals surface area contributed by atoms with E-state index in [1.54, 1.807) is 11.8 Å². The lowest BCUT2D eigenvalue weighted by atomic mass is 10.5. The van der Waals surface area contributed by atoms with Crippen LogP contribution in [0.3, 0.4) is 0 Å². The number of aliphatic imine (C=N–C) groups is 1. The van der Waals surface area contributed by atoms with Crippen molar-refractivity contribution >= 4 is 28.3 Å². The molecule has 1 aromatic rings. The summed E-state index contributed by atoms with van der Waals surface area (Å²) in [6.45, 7) is 1.55. The molecule has 0 unspecified atom stereocenters. The maximum Gasteiger partial charge on any atom is 0.304 e. The summed E-state index contributed by atoms with van der Waals surface area (Å²) in [5.41, 5.74) is 0.921. The number of thiazole rings is 1. The van der Waals surface area contributed by atoms with E-state index in [2.05, 4.69) is 15.3 Å². The fourth-order valence-corrected chi connectivity index (χ4v) is 2.33. The molecule has 0 spiro atoms. The van der Waals surface area contributed by atoms with Crippen LogP contribution in [0.25, 0.3) is 0 Å². The molecule has 0 atom stereocenters. The number of thioether (sulfide) groups is 1. The quantitative estimate of drug-likeness (QED) is 0.760. The molecular formula is C7H9N3OS2. The Morgan fingerprint density at radius 2 is 2.62 bits per heavy atom. The molecule has 0 aliphatic carbocycles. The highest BCUT2D eigenvalue weighted by atomic mass is 32.2. The smallest absolute Gasteiger partial charge is 0.304 e. The molecule has 0 aromatic carbocycles. The highest BCUT2D eigenvalue weighted by Gasteiger charge is 2.06. The van der Waals surface area contributed by atoms with Gasteiger partial charge in [0.05, 0.1) is 13.1 Å². The molecule has 0 bridgehead atoms. The molecule has 0 radical (unpaired) electrons. The second-order valence-corrected chi connectivity index (χ2v) is 4.49. The zero-order valence-corrected chi connectivity index (χ0v) is 8.50. The highest BCUT2D eigenvalue weighted by molar-refractivity contribution is 8.14. The van der Waals surface area contributed by atoms with Crippen molar-refractivity contribution in [3.8, 4) is 0 Å². The van der Waals surface area contributed by atoms with Gasteiger partial charge in [0, 0.05) is 16.8 Å². The van der Waals surface area contributed by atoms with Crippen molar-refractivity contribution in [1.29, 1.82) is 0 Å². The molecule has 1 aliphatic rings. The summed E-state index contributed by atoms with van der Waals surface area (Å²) in [5, 5.41) is 5.97. The zero-order valence-electron chi connectivity index (χ0n) is 6.87. The Morgan fingerprint density at radius 1 is 1.69 bits per heavy atom. The van der Waals surface area contributed by atoms with Crippen molar-refractivity contribution < 1.29 is 0 Å². The monoisotopic (exact) mass is 215 g/mol. The van der Waals surface area contributed by atoms with Crippen LogP contribution >= 0.6 is 23.1 Å². The van der Waals surface area contributed by atoms with Gasteiger partial charge in [0.1, 0.15) is 0 Å². The minimum absolute atomic E-state index is 0.00202. The van der Waals surface area contributed by atoms with E-state index >= 15 is 0 Å². The molecule has 1 aliphatic heterocycles. The number of H-pyrrole nitrogens is 1. The van der Waals surface area contributed by atoms with E-state index in [9.17, 15) is 4.79 Å². The standard InChI is InChI=1S/C7H9N3OS2/c11-7-10-5(4-13-7)3-9-6-8-1-2-12-6/h4H,1-3H2,(H,8,9)(H,10,11). The van der Waals surface area contributed by atoms with E-state index in [1.165, 1.54) is 11.3 Å². The third-order valence-electron chi connectivity index (χ3n) is 1.59. The van der Waals surface area contributed by atoms with E-state index in [0.717, 1.165) is 23.2 Å². The van der Waals surface area contributed by atoms with Crippen LogP contribution in [0, 0.1) is 0 Å². The SMILES string of the molecule is O=c1[nH]c(CNC2=NCCS2)cs1. The predicted octanol–water partition coefficient (Wildman–Crippen LogP) is 0.629. The molecule has 0 amide bonds. The summed E-state index contributed by atoms with van der Waals surface area (Å²) in [4.78, 5) is 17.8. The third-order valence-corrected chi connectivity index (χ3v) is 3.24. The van der Waals surface area contributed by atoms with E-state index in [4.69, 9.17) is 0 Å². The summed E-state index contributed by atoms with van der Waals surface area (Å²) >= 11 is 2.91. The predicted molar refractivity (Wildman–Crippen MR) is 56.5 cm³/mol. The van der Waals surface area contributed by atoms with Crippen LogP contribution in [0.1, 0.15) is 5.69 Å². The minimum atomic E-state index is -0.00202. The Hall–Kier alpha value is -0.750. The topological polar surface area (TPSA) is 57.2 Å². The molecule has 6 heteroatoms. The lowest BCUT2D eigenvalue weighted by molar-refractivity contribution is 0.887. The lowest BCUT2D eigenvalue weighted by Gasteiger charge is -2.01. The summed E-state index contributed by atoms with van der Waals surface area (Å²) in [6.07, 6.45) is 0. The second kappa shape index (κ2) is 3.97. The molecule has 0 fully saturated rings. The Kier molecular flexibility index (Phi) is 2.70. The van der Waals surface area contributed by atoms with Gasteiger partial charge >= 0.3 is 4.87 Å². The van der Waals surface area contributed by atoms with Gasteiger partial charge < -0.3 is 10.3 Å². The van der Waals surface area contributed by atoms with Gasteiger partial charge in [-0.15, -0.1) is 0 Å². The molecule has 1 aromatic heterocycles. The molecular weight excluding hydrogens is 206 g/mol. The third kappa shape index (κ3) is 2.35. The fraction of sp³-hybridized carbons (Fsp3) is 0.429. The normalized spacial score (nSPS) is 15.8. The Bertz CT molecular complexity index is 368. The number of aromatic nitrogens is 1. The highest BCUT2D eigenvalue weighted by Crippen LogP contribution is 2.09. The molecule has 2 N–H and O–H groups in total. The number of rotatable bonds is 2.